The fourth-order valence-corrected chi connectivity index (χ4v) is 3.55. The van der Waals surface area contributed by atoms with Crippen molar-refractivity contribution in [1.29, 1.82) is 0 Å². The first-order valence-corrected chi connectivity index (χ1v) is 8.93. The second-order valence-corrected chi connectivity index (χ2v) is 6.87. The van der Waals surface area contributed by atoms with Crippen LogP contribution in [0.5, 0.6) is 0 Å². The average molecular weight is 330 g/mol. The van der Waals surface area contributed by atoms with E-state index in [2.05, 4.69) is 5.32 Å². The van der Waals surface area contributed by atoms with Gasteiger partial charge in [-0.05, 0) is 43.6 Å². The summed E-state index contributed by atoms with van der Waals surface area (Å²) in [4.78, 5) is 27.0. The minimum absolute atomic E-state index is 0.0176. The zero-order valence-electron chi connectivity index (χ0n) is 14.0. The Hall–Kier alpha value is -1.88. The first-order valence-electron chi connectivity index (χ1n) is 8.93. The van der Waals surface area contributed by atoms with Crippen LogP contribution in [-0.2, 0) is 16.0 Å². The van der Waals surface area contributed by atoms with Crippen molar-refractivity contribution in [2.75, 3.05) is 13.2 Å². The van der Waals surface area contributed by atoms with Crippen molar-refractivity contribution in [3.63, 3.8) is 0 Å². The Balaban J connectivity index is 1.59. The number of aliphatic hydroxyl groups is 1. The summed E-state index contributed by atoms with van der Waals surface area (Å²) >= 11 is 0. The molecule has 1 aliphatic carbocycles. The van der Waals surface area contributed by atoms with Crippen LogP contribution in [0.3, 0.4) is 0 Å². The topological polar surface area (TPSA) is 69.6 Å². The zero-order valence-corrected chi connectivity index (χ0v) is 14.0. The Bertz CT molecular complexity index is 571. The van der Waals surface area contributed by atoms with Crippen LogP contribution in [0.1, 0.15) is 37.7 Å². The summed E-state index contributed by atoms with van der Waals surface area (Å²) in [5.74, 6) is 0.458. The highest BCUT2D eigenvalue weighted by Crippen LogP contribution is 2.34. The molecule has 2 unspecified atom stereocenters. The lowest BCUT2D eigenvalue weighted by Gasteiger charge is -2.26. The molecule has 5 heteroatoms. The summed E-state index contributed by atoms with van der Waals surface area (Å²) in [7, 11) is 0. The van der Waals surface area contributed by atoms with Gasteiger partial charge in [0.25, 0.3) is 0 Å². The van der Waals surface area contributed by atoms with E-state index in [1.54, 1.807) is 4.90 Å². The van der Waals surface area contributed by atoms with E-state index in [0.717, 1.165) is 31.2 Å². The van der Waals surface area contributed by atoms with Crippen molar-refractivity contribution >= 4 is 11.8 Å². The van der Waals surface area contributed by atoms with E-state index in [4.69, 9.17) is 0 Å². The van der Waals surface area contributed by atoms with Gasteiger partial charge in [-0.15, -0.1) is 0 Å². The molecule has 2 amide bonds. The van der Waals surface area contributed by atoms with Crippen molar-refractivity contribution in [1.82, 2.24) is 10.2 Å². The number of rotatable bonds is 7. The molecule has 130 valence electrons. The van der Waals surface area contributed by atoms with Gasteiger partial charge in [0.05, 0.1) is 6.42 Å². The maximum Gasteiger partial charge on any atom is 0.243 e. The van der Waals surface area contributed by atoms with Crippen LogP contribution in [0.2, 0.25) is 0 Å². The van der Waals surface area contributed by atoms with Crippen molar-refractivity contribution in [3.05, 3.63) is 35.9 Å². The smallest absolute Gasteiger partial charge is 0.243 e. The number of carbonyl (C=O) groups excluding carboxylic acids is 2. The second-order valence-electron chi connectivity index (χ2n) is 6.87. The minimum atomic E-state index is -0.360. The molecule has 1 aromatic rings. The third kappa shape index (κ3) is 4.15. The Morgan fingerprint density at radius 2 is 1.96 bits per heavy atom. The van der Waals surface area contributed by atoms with E-state index >= 15 is 0 Å². The Morgan fingerprint density at radius 3 is 2.62 bits per heavy atom. The van der Waals surface area contributed by atoms with Crippen molar-refractivity contribution < 1.29 is 14.7 Å². The van der Waals surface area contributed by atoms with Gasteiger partial charge in [-0.2, -0.15) is 0 Å². The van der Waals surface area contributed by atoms with Gasteiger partial charge in [0.1, 0.15) is 6.04 Å². The van der Waals surface area contributed by atoms with E-state index in [0.29, 0.717) is 25.3 Å². The van der Waals surface area contributed by atoms with Crippen LogP contribution in [0.25, 0.3) is 0 Å². The summed E-state index contributed by atoms with van der Waals surface area (Å²) in [5, 5.41) is 12.3. The third-order valence-electron chi connectivity index (χ3n) is 5.03. The van der Waals surface area contributed by atoms with Crippen LogP contribution in [-0.4, -0.2) is 47.1 Å². The summed E-state index contributed by atoms with van der Waals surface area (Å²) in [6, 6.07) is 9.34. The maximum atomic E-state index is 12.6. The van der Waals surface area contributed by atoms with Crippen LogP contribution in [0.4, 0.5) is 0 Å². The molecule has 0 bridgehead atoms. The standard InChI is InChI=1S/C19H26N2O3/c22-12-10-16(15-8-9-15)20-19(24)17-7-4-11-21(17)18(23)13-14-5-2-1-3-6-14/h1-3,5-6,15-17,22H,4,7-13H2,(H,20,24). The molecule has 1 aromatic carbocycles. The molecule has 1 heterocycles. The van der Waals surface area contributed by atoms with Gasteiger partial charge in [0, 0.05) is 19.2 Å². The summed E-state index contributed by atoms with van der Waals surface area (Å²) < 4.78 is 0. The number of hydrogen-bond donors (Lipinski definition) is 2. The number of hydrogen-bond acceptors (Lipinski definition) is 3. The van der Waals surface area contributed by atoms with E-state index in [9.17, 15) is 14.7 Å². The first kappa shape index (κ1) is 17.0. The predicted octanol–water partition coefficient (Wildman–Crippen LogP) is 1.50. The summed E-state index contributed by atoms with van der Waals surface area (Å²) in [6.07, 6.45) is 4.77. The first-order chi connectivity index (χ1) is 11.7. The summed E-state index contributed by atoms with van der Waals surface area (Å²) in [6.45, 7) is 0.737. The number of benzene rings is 1. The maximum absolute atomic E-state index is 12.6. The molecular weight excluding hydrogens is 304 g/mol. The predicted molar refractivity (Wildman–Crippen MR) is 91.2 cm³/mol. The quantitative estimate of drug-likeness (QED) is 0.796. The minimum Gasteiger partial charge on any atom is -0.396 e. The van der Waals surface area contributed by atoms with Crippen LogP contribution < -0.4 is 5.32 Å². The molecule has 3 rings (SSSR count). The number of aliphatic hydroxyl groups excluding tert-OH is 1. The average Bonchev–Trinajstić information content (AvgIpc) is 3.31. The Kier molecular flexibility index (Phi) is 5.51. The molecule has 24 heavy (non-hydrogen) atoms. The lowest BCUT2D eigenvalue weighted by atomic mass is 10.1. The fourth-order valence-electron chi connectivity index (χ4n) is 3.55. The van der Waals surface area contributed by atoms with Crippen molar-refractivity contribution in [2.45, 2.75) is 50.6 Å². The zero-order chi connectivity index (χ0) is 16.9. The second kappa shape index (κ2) is 7.79. The van der Waals surface area contributed by atoms with E-state index in [-0.39, 0.29) is 30.5 Å². The monoisotopic (exact) mass is 330 g/mol. The highest BCUT2D eigenvalue weighted by Gasteiger charge is 2.37. The van der Waals surface area contributed by atoms with Gasteiger partial charge < -0.3 is 15.3 Å². The molecule has 1 saturated heterocycles. The van der Waals surface area contributed by atoms with Gasteiger partial charge >= 0.3 is 0 Å². The molecule has 0 radical (unpaired) electrons. The molecule has 1 aliphatic heterocycles. The fraction of sp³-hybridized carbons (Fsp3) is 0.579. The Morgan fingerprint density at radius 1 is 1.21 bits per heavy atom. The Labute approximate surface area is 143 Å². The van der Waals surface area contributed by atoms with Crippen LogP contribution >= 0.6 is 0 Å². The molecule has 5 nitrogen and oxygen atoms in total. The third-order valence-corrected chi connectivity index (χ3v) is 5.03. The molecule has 2 N–H and O–H groups in total. The molecule has 2 fully saturated rings. The lowest BCUT2D eigenvalue weighted by molar-refractivity contribution is -0.138. The summed E-state index contributed by atoms with van der Waals surface area (Å²) in [5.41, 5.74) is 0.977. The molecule has 0 aromatic heterocycles. The van der Waals surface area contributed by atoms with E-state index in [1.165, 1.54) is 0 Å². The number of likely N-dealkylation sites (tertiary alicyclic amines) is 1. The normalized spacial score (nSPS) is 21.5. The van der Waals surface area contributed by atoms with Crippen molar-refractivity contribution in [3.8, 4) is 0 Å². The molecule has 0 spiro atoms. The highest BCUT2D eigenvalue weighted by atomic mass is 16.3. The molecular formula is C19H26N2O3. The van der Waals surface area contributed by atoms with Gasteiger partial charge in [-0.1, -0.05) is 30.3 Å². The van der Waals surface area contributed by atoms with Gasteiger partial charge in [0.15, 0.2) is 0 Å². The lowest BCUT2D eigenvalue weighted by Crippen LogP contribution is -2.49. The molecule has 2 atom stereocenters. The number of amides is 2. The SMILES string of the molecule is O=C(NC(CCO)C1CC1)C1CCCN1C(=O)Cc1ccccc1. The van der Waals surface area contributed by atoms with Crippen LogP contribution in [0, 0.1) is 5.92 Å². The van der Waals surface area contributed by atoms with Gasteiger partial charge in [-0.3, -0.25) is 9.59 Å². The van der Waals surface area contributed by atoms with E-state index < -0.39 is 0 Å². The van der Waals surface area contributed by atoms with E-state index in [1.807, 2.05) is 30.3 Å². The number of carbonyl (C=O) groups is 2. The highest BCUT2D eigenvalue weighted by molar-refractivity contribution is 5.89. The van der Waals surface area contributed by atoms with Crippen LogP contribution in [0.15, 0.2) is 30.3 Å². The largest absolute Gasteiger partial charge is 0.396 e. The molecule has 2 aliphatic rings. The van der Waals surface area contributed by atoms with Gasteiger partial charge in [0.2, 0.25) is 11.8 Å². The van der Waals surface area contributed by atoms with Gasteiger partial charge in [-0.25, -0.2) is 0 Å². The number of nitrogens with zero attached hydrogens (tertiary/aromatic N) is 1. The molecule has 1 saturated carbocycles. The van der Waals surface area contributed by atoms with Crippen molar-refractivity contribution in [2.24, 2.45) is 5.92 Å². The number of nitrogens with one attached hydrogen (secondary N) is 1.